The Labute approximate surface area is 158 Å². The van der Waals surface area contributed by atoms with Gasteiger partial charge in [-0.1, -0.05) is 68.0 Å². The molecule has 0 radical (unpaired) electrons. The molecule has 6 heteroatoms. The lowest BCUT2D eigenvalue weighted by Crippen LogP contribution is -2.29. The van der Waals surface area contributed by atoms with E-state index in [2.05, 4.69) is 19.1 Å². The normalized spacial score (nSPS) is 16.0. The molecule has 1 saturated heterocycles. The molecule has 134 valence electrons. The smallest absolute Gasteiger partial charge is 0.303 e. The van der Waals surface area contributed by atoms with Crippen LogP contribution in [0.25, 0.3) is 6.08 Å². The van der Waals surface area contributed by atoms with Crippen LogP contribution in [-0.4, -0.2) is 32.7 Å². The van der Waals surface area contributed by atoms with Gasteiger partial charge in [0.05, 0.1) is 4.91 Å². The molecule has 1 aromatic carbocycles. The summed E-state index contributed by atoms with van der Waals surface area (Å²) in [5.74, 6) is -0.993. The molecule has 1 amide bonds. The van der Waals surface area contributed by atoms with E-state index in [0.29, 0.717) is 22.2 Å². The van der Waals surface area contributed by atoms with E-state index in [-0.39, 0.29) is 12.3 Å². The van der Waals surface area contributed by atoms with E-state index < -0.39 is 5.97 Å². The van der Waals surface area contributed by atoms with Crippen LogP contribution < -0.4 is 0 Å². The monoisotopic (exact) mass is 377 g/mol. The van der Waals surface area contributed by atoms with Gasteiger partial charge in [-0.15, -0.1) is 0 Å². The van der Waals surface area contributed by atoms with Gasteiger partial charge < -0.3 is 5.11 Å². The number of aryl methyl sites for hydroxylation is 1. The number of thiocarbonyl (C=S) groups is 1. The Hall–Kier alpha value is -1.66. The lowest BCUT2D eigenvalue weighted by atomic mass is 10.1. The van der Waals surface area contributed by atoms with Crippen molar-refractivity contribution in [1.29, 1.82) is 0 Å². The van der Waals surface area contributed by atoms with Crippen LogP contribution in [0.5, 0.6) is 0 Å². The van der Waals surface area contributed by atoms with Gasteiger partial charge in [0.2, 0.25) is 0 Å². The molecule has 0 aliphatic carbocycles. The molecule has 1 aromatic rings. The zero-order valence-electron chi connectivity index (χ0n) is 14.4. The second kappa shape index (κ2) is 9.73. The number of benzene rings is 1. The quantitative estimate of drug-likeness (QED) is 0.390. The van der Waals surface area contributed by atoms with E-state index >= 15 is 0 Å². The molecule has 1 fully saturated rings. The van der Waals surface area contributed by atoms with Crippen LogP contribution in [0.15, 0.2) is 29.2 Å². The first-order valence-corrected chi connectivity index (χ1v) is 9.80. The Bertz CT molecular complexity index is 668. The topological polar surface area (TPSA) is 57.6 Å². The third-order valence-corrected chi connectivity index (χ3v) is 5.37. The summed E-state index contributed by atoms with van der Waals surface area (Å²) >= 11 is 6.53. The number of carboxylic acids is 1. The van der Waals surface area contributed by atoms with Crippen molar-refractivity contribution in [3.8, 4) is 0 Å². The summed E-state index contributed by atoms with van der Waals surface area (Å²) in [7, 11) is 0. The fourth-order valence-electron chi connectivity index (χ4n) is 2.59. The third kappa shape index (κ3) is 5.97. The summed E-state index contributed by atoms with van der Waals surface area (Å²) in [5.41, 5.74) is 2.29. The van der Waals surface area contributed by atoms with Crippen molar-refractivity contribution in [2.75, 3.05) is 6.54 Å². The van der Waals surface area contributed by atoms with Crippen molar-refractivity contribution < 1.29 is 14.7 Å². The lowest BCUT2D eigenvalue weighted by molar-refractivity contribution is -0.137. The molecule has 1 heterocycles. The summed E-state index contributed by atoms with van der Waals surface area (Å²) in [6, 6.07) is 8.26. The van der Waals surface area contributed by atoms with Gasteiger partial charge in [-0.05, 0) is 36.5 Å². The summed E-state index contributed by atoms with van der Waals surface area (Å²) in [5, 5.41) is 8.70. The number of unbranched alkanes of at least 4 members (excludes halogenated alkanes) is 2. The van der Waals surface area contributed by atoms with Gasteiger partial charge in [0.1, 0.15) is 4.32 Å². The Morgan fingerprint density at radius 2 is 1.96 bits per heavy atom. The highest BCUT2D eigenvalue weighted by atomic mass is 32.2. The molecule has 4 nitrogen and oxygen atoms in total. The molecule has 0 unspecified atom stereocenters. The van der Waals surface area contributed by atoms with Crippen molar-refractivity contribution in [1.82, 2.24) is 4.90 Å². The lowest BCUT2D eigenvalue weighted by Gasteiger charge is -2.13. The average molecular weight is 378 g/mol. The number of hydrogen-bond acceptors (Lipinski definition) is 4. The SMILES string of the molecule is CCCCCc1ccc(/C=C2\SC(=S)N(CCCC(=O)O)C2=O)cc1. The van der Waals surface area contributed by atoms with Crippen LogP contribution in [0.3, 0.4) is 0 Å². The fraction of sp³-hybridized carbons (Fsp3) is 0.421. The first-order chi connectivity index (χ1) is 12.0. The Morgan fingerprint density at radius 3 is 2.60 bits per heavy atom. The molecule has 1 aliphatic heterocycles. The van der Waals surface area contributed by atoms with Gasteiger partial charge in [0.25, 0.3) is 5.91 Å². The van der Waals surface area contributed by atoms with Gasteiger partial charge >= 0.3 is 5.97 Å². The van der Waals surface area contributed by atoms with E-state index in [1.807, 2.05) is 18.2 Å². The third-order valence-electron chi connectivity index (χ3n) is 3.99. The molecular weight excluding hydrogens is 354 g/mol. The molecule has 25 heavy (non-hydrogen) atoms. The summed E-state index contributed by atoms with van der Waals surface area (Å²) < 4.78 is 0.498. The number of amides is 1. The van der Waals surface area contributed by atoms with Gasteiger partial charge in [-0.3, -0.25) is 14.5 Å². The molecule has 2 rings (SSSR count). The van der Waals surface area contributed by atoms with E-state index in [4.69, 9.17) is 17.3 Å². The molecule has 0 spiro atoms. The maximum atomic E-state index is 12.4. The van der Waals surface area contributed by atoms with Crippen LogP contribution >= 0.6 is 24.0 Å². The highest BCUT2D eigenvalue weighted by Crippen LogP contribution is 2.32. The van der Waals surface area contributed by atoms with Crippen LogP contribution in [0.4, 0.5) is 0 Å². The van der Waals surface area contributed by atoms with Gasteiger partial charge in [0.15, 0.2) is 0 Å². The maximum absolute atomic E-state index is 12.4. The summed E-state index contributed by atoms with van der Waals surface area (Å²) in [4.78, 5) is 25.1. The molecule has 1 aliphatic rings. The first-order valence-electron chi connectivity index (χ1n) is 8.57. The minimum atomic E-state index is -0.861. The fourth-order valence-corrected chi connectivity index (χ4v) is 3.90. The number of rotatable bonds is 9. The molecule has 1 N–H and O–H groups in total. The van der Waals surface area contributed by atoms with Crippen LogP contribution in [0.2, 0.25) is 0 Å². The van der Waals surface area contributed by atoms with E-state index in [9.17, 15) is 9.59 Å². The summed E-state index contributed by atoms with van der Waals surface area (Å²) in [6.07, 6.45) is 7.03. The second-order valence-corrected chi connectivity index (χ2v) is 7.71. The van der Waals surface area contributed by atoms with Gasteiger partial charge in [0, 0.05) is 13.0 Å². The number of aliphatic carboxylic acids is 1. The van der Waals surface area contributed by atoms with E-state index in [1.165, 1.54) is 41.5 Å². The van der Waals surface area contributed by atoms with Crippen molar-refractivity contribution in [3.63, 3.8) is 0 Å². The van der Waals surface area contributed by atoms with Gasteiger partial charge in [-0.2, -0.15) is 0 Å². The number of carbonyl (C=O) groups is 2. The van der Waals surface area contributed by atoms with Crippen molar-refractivity contribution in [3.05, 3.63) is 40.3 Å². The first kappa shape index (κ1) is 19.7. The minimum Gasteiger partial charge on any atom is -0.481 e. The molecule has 0 bridgehead atoms. The zero-order chi connectivity index (χ0) is 18.2. The number of carboxylic acid groups (broad SMARTS) is 1. The number of nitrogens with zero attached hydrogens (tertiary/aromatic N) is 1. The number of hydrogen-bond donors (Lipinski definition) is 1. The van der Waals surface area contributed by atoms with E-state index in [1.54, 1.807) is 0 Å². The second-order valence-electron chi connectivity index (χ2n) is 6.03. The molecular formula is C19H23NO3S2. The van der Waals surface area contributed by atoms with Crippen LogP contribution in [0.1, 0.15) is 50.2 Å². The Kier molecular flexibility index (Phi) is 7.65. The van der Waals surface area contributed by atoms with E-state index in [0.717, 1.165) is 12.0 Å². The molecule has 0 aromatic heterocycles. The van der Waals surface area contributed by atoms with Gasteiger partial charge in [-0.25, -0.2) is 0 Å². The molecule has 0 saturated carbocycles. The minimum absolute atomic E-state index is 0.0373. The number of thioether (sulfide) groups is 1. The maximum Gasteiger partial charge on any atom is 0.303 e. The predicted molar refractivity (Wildman–Crippen MR) is 106 cm³/mol. The Morgan fingerprint density at radius 1 is 1.24 bits per heavy atom. The average Bonchev–Trinajstić information content (AvgIpc) is 2.84. The highest BCUT2D eigenvalue weighted by Gasteiger charge is 2.31. The predicted octanol–water partition coefficient (Wildman–Crippen LogP) is 4.49. The summed E-state index contributed by atoms with van der Waals surface area (Å²) in [6.45, 7) is 2.55. The zero-order valence-corrected chi connectivity index (χ0v) is 16.0. The Balaban J connectivity index is 1.97. The van der Waals surface area contributed by atoms with Crippen LogP contribution in [-0.2, 0) is 16.0 Å². The number of carbonyl (C=O) groups excluding carboxylic acids is 1. The van der Waals surface area contributed by atoms with Crippen molar-refractivity contribution in [2.24, 2.45) is 0 Å². The van der Waals surface area contributed by atoms with Crippen molar-refractivity contribution >= 4 is 46.3 Å². The largest absolute Gasteiger partial charge is 0.481 e. The molecule has 0 atom stereocenters. The van der Waals surface area contributed by atoms with Crippen LogP contribution in [0, 0.1) is 0 Å². The standard InChI is InChI=1S/C19H23NO3S2/c1-2-3-4-6-14-8-10-15(11-9-14)13-16-18(23)20(19(24)25-16)12-5-7-17(21)22/h8-11,13H,2-7,12H2,1H3,(H,21,22)/b16-13-. The highest BCUT2D eigenvalue weighted by molar-refractivity contribution is 8.26. The van der Waals surface area contributed by atoms with Crippen molar-refractivity contribution in [2.45, 2.75) is 45.4 Å².